The molecule has 0 saturated carbocycles. The average Bonchev–Trinajstić information content (AvgIpc) is 2.31. The van der Waals surface area contributed by atoms with E-state index in [0.717, 1.165) is 6.07 Å². The fraction of sp³-hybridized carbons (Fsp3) is 0.417. The highest BCUT2D eigenvalue weighted by atomic mass is 16.6. The molecule has 18 heavy (non-hydrogen) atoms. The second kappa shape index (κ2) is 5.03. The second-order valence-corrected chi connectivity index (χ2v) is 4.65. The molecule has 1 aromatic carbocycles. The molecule has 0 aromatic heterocycles. The van der Waals surface area contributed by atoms with E-state index in [2.05, 4.69) is 5.32 Å². The van der Waals surface area contributed by atoms with E-state index in [9.17, 15) is 20.0 Å². The van der Waals surface area contributed by atoms with E-state index in [4.69, 9.17) is 0 Å². The van der Waals surface area contributed by atoms with Crippen LogP contribution in [0.4, 0.5) is 11.4 Å². The molecule has 6 heteroatoms. The minimum atomic E-state index is -0.610. The Morgan fingerprint density at radius 3 is 2.56 bits per heavy atom. The van der Waals surface area contributed by atoms with Crippen molar-refractivity contribution in [2.75, 3.05) is 5.32 Å². The minimum absolute atomic E-state index is 0.173. The molecule has 0 spiro atoms. The summed E-state index contributed by atoms with van der Waals surface area (Å²) in [7, 11) is 0. The number of phenolic OH excluding ortho intramolecular Hbond substituents is 1. The van der Waals surface area contributed by atoms with Gasteiger partial charge in [-0.05, 0) is 12.5 Å². The third kappa shape index (κ3) is 2.97. The summed E-state index contributed by atoms with van der Waals surface area (Å²) in [5.41, 5.74) is -0.610. The zero-order valence-electron chi connectivity index (χ0n) is 10.6. The Morgan fingerprint density at radius 2 is 2.11 bits per heavy atom. The maximum absolute atomic E-state index is 11.9. The van der Waals surface area contributed by atoms with Gasteiger partial charge in [0, 0.05) is 11.5 Å². The largest absolute Gasteiger partial charge is 0.506 e. The quantitative estimate of drug-likeness (QED) is 0.489. The molecule has 1 rings (SSSR count). The predicted molar refractivity (Wildman–Crippen MR) is 67.5 cm³/mol. The minimum Gasteiger partial charge on any atom is -0.506 e. The number of carbonyl (C=O) groups excluding carboxylic acids is 1. The molecule has 0 unspecified atom stereocenters. The number of nitro groups is 1. The van der Waals surface area contributed by atoms with Crippen LogP contribution in [0, 0.1) is 15.5 Å². The SMILES string of the molecule is CCC(C)(C)C(=O)Nc1ccc([N+](=O)[O-])cc1O. The van der Waals surface area contributed by atoms with Crippen LogP contribution in [0.1, 0.15) is 27.2 Å². The number of hydrogen-bond acceptors (Lipinski definition) is 4. The molecule has 1 aromatic rings. The number of hydrogen-bond donors (Lipinski definition) is 2. The van der Waals surface area contributed by atoms with Gasteiger partial charge < -0.3 is 10.4 Å². The van der Waals surface area contributed by atoms with E-state index in [1.165, 1.54) is 12.1 Å². The molecule has 0 saturated heterocycles. The first-order chi connectivity index (χ1) is 8.27. The number of benzene rings is 1. The molecule has 0 aliphatic carbocycles. The maximum Gasteiger partial charge on any atom is 0.273 e. The summed E-state index contributed by atoms with van der Waals surface area (Å²) in [6.07, 6.45) is 0.645. The summed E-state index contributed by atoms with van der Waals surface area (Å²) in [6.45, 7) is 5.45. The first-order valence-corrected chi connectivity index (χ1v) is 5.57. The van der Waals surface area contributed by atoms with Crippen molar-refractivity contribution in [3.05, 3.63) is 28.3 Å². The Labute approximate surface area is 105 Å². The van der Waals surface area contributed by atoms with Crippen LogP contribution in [0.25, 0.3) is 0 Å². The lowest BCUT2D eigenvalue weighted by Gasteiger charge is -2.21. The molecule has 0 radical (unpaired) electrons. The number of nitrogens with zero attached hydrogens (tertiary/aromatic N) is 1. The van der Waals surface area contributed by atoms with Crippen LogP contribution in [0.15, 0.2) is 18.2 Å². The van der Waals surface area contributed by atoms with Gasteiger partial charge in [0.1, 0.15) is 5.75 Å². The van der Waals surface area contributed by atoms with E-state index < -0.39 is 10.3 Å². The van der Waals surface area contributed by atoms with Gasteiger partial charge in [-0.15, -0.1) is 0 Å². The van der Waals surface area contributed by atoms with Crippen LogP contribution in [-0.2, 0) is 4.79 Å². The molecular formula is C12H16N2O4. The number of nitrogens with one attached hydrogen (secondary N) is 1. The van der Waals surface area contributed by atoms with Gasteiger partial charge in [-0.3, -0.25) is 14.9 Å². The Bertz CT molecular complexity index is 483. The summed E-state index contributed by atoms with van der Waals surface area (Å²) in [6, 6.07) is 3.56. The van der Waals surface area contributed by atoms with E-state index in [1.54, 1.807) is 13.8 Å². The molecule has 0 aliphatic heterocycles. The lowest BCUT2D eigenvalue weighted by molar-refractivity contribution is -0.384. The fourth-order valence-electron chi connectivity index (χ4n) is 1.19. The van der Waals surface area contributed by atoms with Gasteiger partial charge in [-0.1, -0.05) is 20.8 Å². The Morgan fingerprint density at radius 1 is 1.50 bits per heavy atom. The van der Waals surface area contributed by atoms with Crippen LogP contribution < -0.4 is 5.32 Å². The molecule has 0 aliphatic rings. The zero-order valence-corrected chi connectivity index (χ0v) is 10.6. The fourth-order valence-corrected chi connectivity index (χ4v) is 1.19. The van der Waals surface area contributed by atoms with E-state index in [0.29, 0.717) is 6.42 Å². The third-order valence-corrected chi connectivity index (χ3v) is 2.94. The van der Waals surface area contributed by atoms with Gasteiger partial charge in [0.05, 0.1) is 16.7 Å². The average molecular weight is 252 g/mol. The van der Waals surface area contributed by atoms with Crippen LogP contribution in [-0.4, -0.2) is 15.9 Å². The number of rotatable bonds is 4. The molecule has 2 N–H and O–H groups in total. The van der Waals surface area contributed by atoms with Crippen LogP contribution >= 0.6 is 0 Å². The number of aromatic hydroxyl groups is 1. The van der Waals surface area contributed by atoms with Crippen molar-refractivity contribution in [1.82, 2.24) is 0 Å². The highest BCUT2D eigenvalue weighted by Gasteiger charge is 2.26. The molecule has 0 atom stereocenters. The predicted octanol–water partition coefficient (Wildman–Crippen LogP) is 2.68. The summed E-state index contributed by atoms with van der Waals surface area (Å²) < 4.78 is 0. The molecule has 98 valence electrons. The van der Waals surface area contributed by atoms with Crippen molar-refractivity contribution in [2.45, 2.75) is 27.2 Å². The first-order valence-electron chi connectivity index (χ1n) is 5.57. The molecule has 0 fully saturated rings. The number of nitro benzene ring substituents is 1. The lowest BCUT2D eigenvalue weighted by Crippen LogP contribution is -2.29. The number of anilines is 1. The zero-order chi connectivity index (χ0) is 13.9. The Kier molecular flexibility index (Phi) is 3.90. The Hall–Kier alpha value is -2.11. The Balaban J connectivity index is 2.93. The number of amides is 1. The third-order valence-electron chi connectivity index (χ3n) is 2.94. The summed E-state index contributed by atoms with van der Waals surface area (Å²) >= 11 is 0. The van der Waals surface area contributed by atoms with Crippen molar-refractivity contribution in [1.29, 1.82) is 0 Å². The van der Waals surface area contributed by atoms with Crippen molar-refractivity contribution in [3.8, 4) is 5.75 Å². The van der Waals surface area contributed by atoms with E-state index in [1.807, 2.05) is 6.92 Å². The summed E-state index contributed by atoms with van der Waals surface area (Å²) in [4.78, 5) is 21.8. The summed E-state index contributed by atoms with van der Waals surface area (Å²) in [5, 5.41) is 22.7. The lowest BCUT2D eigenvalue weighted by atomic mass is 9.89. The van der Waals surface area contributed by atoms with Crippen molar-refractivity contribution in [2.24, 2.45) is 5.41 Å². The topological polar surface area (TPSA) is 92.5 Å². The highest BCUT2D eigenvalue weighted by Crippen LogP contribution is 2.30. The van der Waals surface area contributed by atoms with Gasteiger partial charge in [0.2, 0.25) is 5.91 Å². The molecule has 0 heterocycles. The molecule has 1 amide bonds. The van der Waals surface area contributed by atoms with Crippen molar-refractivity contribution < 1.29 is 14.8 Å². The number of carbonyl (C=O) groups is 1. The summed E-state index contributed by atoms with van der Waals surface area (Å²) in [5.74, 6) is -0.557. The highest BCUT2D eigenvalue weighted by molar-refractivity contribution is 5.96. The molecule has 0 bridgehead atoms. The van der Waals surface area contributed by atoms with Crippen molar-refractivity contribution in [3.63, 3.8) is 0 Å². The first kappa shape index (κ1) is 14.0. The second-order valence-electron chi connectivity index (χ2n) is 4.65. The molecular weight excluding hydrogens is 236 g/mol. The van der Waals surface area contributed by atoms with Gasteiger partial charge in [0.25, 0.3) is 5.69 Å². The van der Waals surface area contributed by atoms with Gasteiger partial charge in [0.15, 0.2) is 0 Å². The monoisotopic (exact) mass is 252 g/mol. The standard InChI is InChI=1S/C12H16N2O4/c1-4-12(2,3)11(16)13-9-6-5-8(14(17)18)7-10(9)15/h5-7,15H,4H2,1-3H3,(H,13,16). The van der Waals surface area contributed by atoms with E-state index >= 15 is 0 Å². The number of non-ortho nitro benzene ring substituents is 1. The van der Waals surface area contributed by atoms with Crippen LogP contribution in [0.2, 0.25) is 0 Å². The molecule has 6 nitrogen and oxygen atoms in total. The maximum atomic E-state index is 11.9. The van der Waals surface area contributed by atoms with Gasteiger partial charge >= 0.3 is 0 Å². The van der Waals surface area contributed by atoms with Crippen LogP contribution in [0.5, 0.6) is 5.75 Å². The number of phenols is 1. The van der Waals surface area contributed by atoms with Crippen molar-refractivity contribution >= 4 is 17.3 Å². The van der Waals surface area contributed by atoms with Gasteiger partial charge in [-0.2, -0.15) is 0 Å². The van der Waals surface area contributed by atoms with E-state index in [-0.39, 0.29) is 23.0 Å². The smallest absolute Gasteiger partial charge is 0.273 e. The normalized spacial score (nSPS) is 11.1. The van der Waals surface area contributed by atoms with Crippen LogP contribution in [0.3, 0.4) is 0 Å². The van der Waals surface area contributed by atoms with Gasteiger partial charge in [-0.25, -0.2) is 0 Å².